The first-order valence-electron chi connectivity index (χ1n) is 7.75. The molecule has 0 spiro atoms. The molecule has 0 radical (unpaired) electrons. The number of hydrogen-bond acceptors (Lipinski definition) is 4. The van der Waals surface area contributed by atoms with Crippen LogP contribution >= 0.6 is 23.7 Å². The molecule has 23 heavy (non-hydrogen) atoms. The minimum atomic E-state index is -0.595. The number of primary amides is 1. The van der Waals surface area contributed by atoms with Crippen molar-refractivity contribution in [1.82, 2.24) is 15.5 Å². The summed E-state index contributed by atoms with van der Waals surface area (Å²) in [7, 11) is 0. The Balaban J connectivity index is 0.00000192. The lowest BCUT2D eigenvalue weighted by Crippen LogP contribution is -2.41. The van der Waals surface area contributed by atoms with Gasteiger partial charge in [-0.25, -0.2) is 4.79 Å². The Hall–Kier alpha value is -1.31. The van der Waals surface area contributed by atoms with Gasteiger partial charge in [0.1, 0.15) is 0 Å². The smallest absolute Gasteiger partial charge is 0.312 e. The molecule has 2 fully saturated rings. The van der Waals surface area contributed by atoms with E-state index in [1.807, 2.05) is 22.4 Å². The van der Waals surface area contributed by atoms with Gasteiger partial charge in [-0.1, -0.05) is 6.07 Å². The fraction of sp³-hybridized carbons (Fsp3) is 0.600. The monoisotopic (exact) mass is 358 g/mol. The first kappa shape index (κ1) is 18.0. The summed E-state index contributed by atoms with van der Waals surface area (Å²) in [5, 5.41) is 8.19. The molecule has 0 saturated carbocycles. The number of carbonyl (C=O) groups excluding carboxylic acids is 2. The predicted octanol–water partition coefficient (Wildman–Crippen LogP) is 1.62. The lowest BCUT2D eigenvalue weighted by molar-refractivity contribution is -0.131. The van der Waals surface area contributed by atoms with Crippen LogP contribution in [0.5, 0.6) is 0 Å². The normalized spacial score (nSPS) is 24.4. The van der Waals surface area contributed by atoms with Crippen LogP contribution in [0.15, 0.2) is 17.5 Å². The van der Waals surface area contributed by atoms with Crippen molar-refractivity contribution in [2.45, 2.75) is 43.8 Å². The second-order valence-electron chi connectivity index (χ2n) is 6.05. The first-order chi connectivity index (χ1) is 10.6. The molecule has 2 saturated heterocycles. The SMILES string of the molecule is Cl.NC(=O)NC(CC(=O)N1CCC2CCC(C1)N2)c1cccs1. The molecule has 2 aliphatic rings. The van der Waals surface area contributed by atoms with Crippen LogP contribution in [0.3, 0.4) is 0 Å². The van der Waals surface area contributed by atoms with Gasteiger partial charge in [0, 0.05) is 30.1 Å². The third-order valence-corrected chi connectivity index (χ3v) is 5.44. The molecular weight excluding hydrogens is 336 g/mol. The zero-order valence-electron chi connectivity index (χ0n) is 12.9. The van der Waals surface area contributed by atoms with Crippen molar-refractivity contribution in [1.29, 1.82) is 0 Å². The van der Waals surface area contributed by atoms with E-state index in [9.17, 15) is 9.59 Å². The van der Waals surface area contributed by atoms with Gasteiger partial charge in [0.25, 0.3) is 0 Å². The van der Waals surface area contributed by atoms with Gasteiger partial charge < -0.3 is 21.3 Å². The topological polar surface area (TPSA) is 87.5 Å². The molecule has 3 amide bonds. The standard InChI is InChI=1S/C15H22N4O2S.ClH/c16-15(21)18-12(13-2-1-7-22-13)8-14(20)19-6-5-10-3-4-11(9-19)17-10;/h1-2,7,10-12,17H,3-6,8-9H2,(H3,16,18,21);1H. The summed E-state index contributed by atoms with van der Waals surface area (Å²) < 4.78 is 0. The van der Waals surface area contributed by atoms with E-state index >= 15 is 0 Å². The van der Waals surface area contributed by atoms with Crippen LogP contribution in [-0.2, 0) is 4.79 Å². The number of nitrogens with zero attached hydrogens (tertiary/aromatic N) is 1. The van der Waals surface area contributed by atoms with E-state index in [1.165, 1.54) is 17.8 Å². The number of urea groups is 1. The van der Waals surface area contributed by atoms with Gasteiger partial charge in [-0.05, 0) is 30.7 Å². The van der Waals surface area contributed by atoms with Gasteiger partial charge in [0.05, 0.1) is 12.5 Å². The second kappa shape index (κ2) is 7.99. The molecule has 1 aromatic heterocycles. The lowest BCUT2D eigenvalue weighted by Gasteiger charge is -2.26. The fourth-order valence-corrected chi connectivity index (χ4v) is 4.14. The van der Waals surface area contributed by atoms with Crippen molar-refractivity contribution in [3.05, 3.63) is 22.4 Å². The van der Waals surface area contributed by atoms with E-state index in [2.05, 4.69) is 10.6 Å². The van der Waals surface area contributed by atoms with Gasteiger partial charge in [-0.2, -0.15) is 0 Å². The molecular formula is C15H23ClN4O2S. The third-order valence-electron chi connectivity index (χ3n) is 4.46. The molecule has 3 rings (SSSR count). The highest BCUT2D eigenvalue weighted by Crippen LogP contribution is 2.25. The second-order valence-corrected chi connectivity index (χ2v) is 7.03. The molecule has 2 bridgehead atoms. The van der Waals surface area contributed by atoms with Crippen molar-refractivity contribution in [3.8, 4) is 0 Å². The maximum atomic E-state index is 12.6. The molecule has 3 unspecified atom stereocenters. The summed E-state index contributed by atoms with van der Waals surface area (Å²) in [6, 6.07) is 3.88. The average molecular weight is 359 g/mol. The molecule has 3 atom stereocenters. The van der Waals surface area contributed by atoms with Crippen LogP contribution in [0.4, 0.5) is 4.79 Å². The Kier molecular flexibility index (Phi) is 6.26. The maximum Gasteiger partial charge on any atom is 0.312 e. The molecule has 6 nitrogen and oxygen atoms in total. The zero-order chi connectivity index (χ0) is 15.5. The summed E-state index contributed by atoms with van der Waals surface area (Å²) in [5.41, 5.74) is 5.25. The number of rotatable bonds is 4. The highest BCUT2D eigenvalue weighted by atomic mass is 35.5. The highest BCUT2D eigenvalue weighted by molar-refractivity contribution is 7.10. The summed E-state index contributed by atoms with van der Waals surface area (Å²) in [6.45, 7) is 1.56. The summed E-state index contributed by atoms with van der Waals surface area (Å²) >= 11 is 1.52. The van der Waals surface area contributed by atoms with Crippen molar-refractivity contribution in [2.24, 2.45) is 5.73 Å². The summed E-state index contributed by atoms with van der Waals surface area (Å²) in [5.74, 6) is 0.0847. The Morgan fingerprint density at radius 3 is 2.87 bits per heavy atom. The van der Waals surface area contributed by atoms with Crippen LogP contribution in [-0.4, -0.2) is 42.0 Å². The molecule has 0 aliphatic carbocycles. The first-order valence-corrected chi connectivity index (χ1v) is 8.63. The van der Waals surface area contributed by atoms with E-state index < -0.39 is 6.03 Å². The number of fused-ring (bicyclic) bond motifs is 2. The summed E-state index contributed by atoms with van der Waals surface area (Å²) in [6.07, 6.45) is 3.63. The maximum absolute atomic E-state index is 12.6. The van der Waals surface area contributed by atoms with Gasteiger partial charge in [0.15, 0.2) is 0 Å². The Labute approximate surface area is 146 Å². The Morgan fingerprint density at radius 2 is 2.17 bits per heavy atom. The molecule has 3 heterocycles. The summed E-state index contributed by atoms with van der Waals surface area (Å²) in [4.78, 5) is 26.7. The quantitative estimate of drug-likeness (QED) is 0.764. The van der Waals surface area contributed by atoms with Crippen LogP contribution in [0, 0.1) is 0 Å². The van der Waals surface area contributed by atoms with Crippen LogP contribution in [0.1, 0.15) is 36.6 Å². The predicted molar refractivity (Wildman–Crippen MR) is 92.8 cm³/mol. The van der Waals surface area contributed by atoms with E-state index in [1.54, 1.807) is 0 Å². The van der Waals surface area contributed by atoms with Crippen molar-refractivity contribution >= 4 is 35.7 Å². The number of amides is 3. The molecule has 4 N–H and O–H groups in total. The number of carbonyl (C=O) groups is 2. The lowest BCUT2D eigenvalue weighted by atomic mass is 10.1. The van der Waals surface area contributed by atoms with Crippen LogP contribution in [0.2, 0.25) is 0 Å². The number of nitrogens with two attached hydrogens (primary N) is 1. The van der Waals surface area contributed by atoms with E-state index in [0.29, 0.717) is 12.1 Å². The third kappa shape index (κ3) is 4.59. The minimum absolute atomic E-state index is 0. The number of hydrogen-bond donors (Lipinski definition) is 3. The van der Waals surface area contributed by atoms with E-state index in [0.717, 1.165) is 30.8 Å². The number of halogens is 1. The highest BCUT2D eigenvalue weighted by Gasteiger charge is 2.32. The Bertz CT molecular complexity index is 540. The molecule has 128 valence electrons. The fourth-order valence-electron chi connectivity index (χ4n) is 3.36. The number of thiophene rings is 1. The number of nitrogens with one attached hydrogen (secondary N) is 2. The molecule has 8 heteroatoms. The van der Waals surface area contributed by atoms with Crippen molar-refractivity contribution in [3.63, 3.8) is 0 Å². The van der Waals surface area contributed by atoms with E-state index in [4.69, 9.17) is 5.73 Å². The van der Waals surface area contributed by atoms with Gasteiger partial charge in [-0.15, -0.1) is 23.7 Å². The van der Waals surface area contributed by atoms with Gasteiger partial charge in [-0.3, -0.25) is 4.79 Å². The van der Waals surface area contributed by atoms with Crippen LogP contribution in [0.25, 0.3) is 0 Å². The molecule has 2 aliphatic heterocycles. The zero-order valence-corrected chi connectivity index (χ0v) is 14.5. The van der Waals surface area contributed by atoms with Crippen molar-refractivity contribution in [2.75, 3.05) is 13.1 Å². The molecule has 0 aromatic carbocycles. The van der Waals surface area contributed by atoms with Crippen LogP contribution < -0.4 is 16.4 Å². The largest absolute Gasteiger partial charge is 0.352 e. The number of likely N-dealkylation sites (tertiary alicyclic amines) is 1. The molecule has 1 aromatic rings. The van der Waals surface area contributed by atoms with Gasteiger partial charge >= 0.3 is 6.03 Å². The van der Waals surface area contributed by atoms with E-state index in [-0.39, 0.29) is 30.8 Å². The van der Waals surface area contributed by atoms with Crippen molar-refractivity contribution < 1.29 is 9.59 Å². The minimum Gasteiger partial charge on any atom is -0.352 e. The van der Waals surface area contributed by atoms with Gasteiger partial charge in [0.2, 0.25) is 5.91 Å². The average Bonchev–Trinajstić information content (AvgIpc) is 3.07. The Morgan fingerprint density at radius 1 is 1.39 bits per heavy atom.